The summed E-state index contributed by atoms with van der Waals surface area (Å²) in [6.45, 7) is 19.2. The van der Waals surface area contributed by atoms with Crippen molar-refractivity contribution >= 4 is 46.4 Å². The molecule has 4 heterocycles. The Balaban J connectivity index is 0.000000220. The molecule has 0 spiro atoms. The van der Waals surface area contributed by atoms with Crippen molar-refractivity contribution in [2.45, 2.75) is 93.2 Å². The van der Waals surface area contributed by atoms with E-state index in [1.807, 2.05) is 45.0 Å². The zero-order chi connectivity index (χ0) is 48.2. The number of aromatic nitrogens is 4. The Labute approximate surface area is 395 Å². The maximum Gasteiger partial charge on any atom is 0.216 e. The number of imidazole rings is 1. The minimum absolute atomic E-state index is 0. The molecule has 4 aromatic heterocycles. The molecule has 323 valence electrons. The van der Waals surface area contributed by atoms with E-state index >= 15 is 0 Å². The molecule has 0 saturated carbocycles. The number of pyridine rings is 2. The molecule has 7 heteroatoms. The molecule has 5 aromatic carbocycles. The van der Waals surface area contributed by atoms with Gasteiger partial charge in [0.15, 0.2) is 0 Å². The molecule has 0 amide bonds. The topological polar surface area (TPSA) is 56.7 Å². The summed E-state index contributed by atoms with van der Waals surface area (Å²) in [5.74, 6) is 1.23. The number of para-hydroxylation sites is 2. The summed E-state index contributed by atoms with van der Waals surface area (Å²) < 4.78 is 48.4. The summed E-state index contributed by atoms with van der Waals surface area (Å²) >= 11 is 0. The second-order valence-corrected chi connectivity index (χ2v) is 23.1. The molecular formula is C56H58IrN4OSi-2. The Morgan fingerprint density at radius 3 is 2.14 bits per heavy atom. The third-order valence-corrected chi connectivity index (χ3v) is 13.2. The number of nitrogens with zero attached hydrogens (tertiary/aromatic N) is 4. The van der Waals surface area contributed by atoms with Crippen molar-refractivity contribution in [2.75, 3.05) is 0 Å². The normalized spacial score (nSPS) is 13.4. The van der Waals surface area contributed by atoms with Gasteiger partial charge in [0.25, 0.3) is 0 Å². The van der Waals surface area contributed by atoms with E-state index in [9.17, 15) is 0 Å². The standard InChI is InChI=1S/C37H32N3O.C19H26NSi.Ir/c1-22(2)30-20-26(25-12-7-6-8-13-25)21-31(23(3)4)34(30)40-33-17-10-9-16-32(33)39-36(40)29-15-11-14-27-28-19-18-24(5)38-37(28)41-35(27)29;1-14(2)11-17-12-18(16-9-7-15(3)8-10-16)20-13-19(17)21(4,5)6;/h6-14,16-23H,1-5H3;7-9,12-14H,11H2,1-6H3;/q2*-1;/i;3D3,11D2;. The molecule has 0 aliphatic rings. The fraction of sp³-hybridized carbons (Fsp3) is 0.268. The third-order valence-electron chi connectivity index (χ3n) is 11.2. The van der Waals surface area contributed by atoms with Crippen LogP contribution in [0.2, 0.25) is 19.6 Å². The molecule has 9 aromatic rings. The van der Waals surface area contributed by atoms with Crippen molar-refractivity contribution in [1.29, 1.82) is 0 Å². The molecule has 9 rings (SSSR count). The molecule has 0 aliphatic carbocycles. The molecule has 5 nitrogen and oxygen atoms in total. The quantitative estimate of drug-likeness (QED) is 0.107. The van der Waals surface area contributed by atoms with E-state index in [0.29, 0.717) is 34.4 Å². The van der Waals surface area contributed by atoms with E-state index < -0.39 is 21.3 Å². The van der Waals surface area contributed by atoms with Crippen molar-refractivity contribution in [3.63, 3.8) is 0 Å². The molecule has 0 bridgehead atoms. The van der Waals surface area contributed by atoms with Crippen LogP contribution in [0.5, 0.6) is 0 Å². The molecule has 63 heavy (non-hydrogen) atoms. The third kappa shape index (κ3) is 9.43. The smallest absolute Gasteiger partial charge is 0.216 e. The predicted molar refractivity (Wildman–Crippen MR) is 264 cm³/mol. The van der Waals surface area contributed by atoms with Gasteiger partial charge in [-0.25, -0.2) is 4.98 Å². The Kier molecular flexibility index (Phi) is 11.6. The van der Waals surface area contributed by atoms with Crippen LogP contribution in [0.1, 0.15) is 88.2 Å². The maximum atomic E-state index is 8.59. The van der Waals surface area contributed by atoms with Crippen LogP contribution in [-0.4, -0.2) is 27.6 Å². The molecule has 1 radical (unpaired) electrons. The van der Waals surface area contributed by atoms with Gasteiger partial charge in [-0.2, -0.15) is 0 Å². The van der Waals surface area contributed by atoms with Gasteiger partial charge in [0.05, 0.1) is 30.5 Å². The first-order chi connectivity index (χ1) is 31.6. The monoisotopic (exact) mass is 1030 g/mol. The van der Waals surface area contributed by atoms with E-state index in [1.54, 1.807) is 18.3 Å². The number of hydrogen-bond acceptors (Lipinski definition) is 4. The Morgan fingerprint density at radius 1 is 0.778 bits per heavy atom. The molecule has 0 unspecified atom stereocenters. The summed E-state index contributed by atoms with van der Waals surface area (Å²) in [6, 6.07) is 44.9. The van der Waals surface area contributed by atoms with Gasteiger partial charge in [-0.15, -0.1) is 53.6 Å². The first kappa shape index (κ1) is 39.2. The van der Waals surface area contributed by atoms with E-state index in [-0.39, 0.29) is 31.6 Å². The van der Waals surface area contributed by atoms with E-state index in [0.717, 1.165) is 49.7 Å². The SMILES string of the molecule is Cc1ccc2c(n1)oc1c(-c3nc4ccccc4n3-c3c(C(C)C)cc(-c4ccccc4)cc3C(C)C)[c-]ccc12.[2H]C([2H])([2H])c1c[c-]c(-c2cc(C([2H])([2H])C(C)C)c([Si](C)(C)C)cn2)cc1.[Ir]. The van der Waals surface area contributed by atoms with E-state index in [2.05, 4.69) is 147 Å². The number of hydrogen-bond donors (Lipinski definition) is 0. The van der Waals surface area contributed by atoms with Gasteiger partial charge in [0.2, 0.25) is 5.71 Å². The maximum absolute atomic E-state index is 8.59. The van der Waals surface area contributed by atoms with E-state index in [1.165, 1.54) is 34.0 Å². The number of furan rings is 1. The first-order valence-electron chi connectivity index (χ1n) is 24.1. The largest absolute Gasteiger partial charge is 0.486 e. The molecule has 0 N–H and O–H groups in total. The van der Waals surface area contributed by atoms with Crippen LogP contribution in [0.15, 0.2) is 126 Å². The van der Waals surface area contributed by atoms with Crippen LogP contribution in [0.25, 0.3) is 72.6 Å². The number of benzene rings is 5. The van der Waals surface area contributed by atoms with Gasteiger partial charge in [-0.1, -0.05) is 133 Å². The van der Waals surface area contributed by atoms with Crippen LogP contribution in [0.4, 0.5) is 0 Å². The average Bonchev–Trinajstić information content (AvgIpc) is 3.86. The summed E-state index contributed by atoms with van der Waals surface area (Å²) in [4.78, 5) is 14.4. The molecular weight excluding hydrogens is 965 g/mol. The average molecular weight is 1030 g/mol. The van der Waals surface area contributed by atoms with Crippen LogP contribution in [0.3, 0.4) is 0 Å². The van der Waals surface area contributed by atoms with Crippen molar-refractivity contribution in [3.8, 4) is 39.5 Å². The molecule has 0 aliphatic heterocycles. The van der Waals surface area contributed by atoms with Crippen molar-refractivity contribution in [1.82, 2.24) is 19.5 Å². The Morgan fingerprint density at radius 2 is 1.49 bits per heavy atom. The molecule has 0 fully saturated rings. The Bertz CT molecular complexity index is 3210. The molecule has 0 saturated heterocycles. The minimum Gasteiger partial charge on any atom is -0.486 e. The number of aryl methyl sites for hydroxylation is 2. The number of fused-ring (bicyclic) bond motifs is 4. The second-order valence-electron chi connectivity index (χ2n) is 18.1. The van der Waals surface area contributed by atoms with Crippen LogP contribution in [-0.2, 0) is 26.5 Å². The first-order valence-corrected chi connectivity index (χ1v) is 25.1. The minimum atomic E-state index is -2.16. The van der Waals surface area contributed by atoms with Gasteiger partial charge in [0, 0.05) is 49.9 Å². The predicted octanol–water partition coefficient (Wildman–Crippen LogP) is 14.6. The fourth-order valence-electron chi connectivity index (χ4n) is 8.13. The van der Waals surface area contributed by atoms with Gasteiger partial charge in [0.1, 0.15) is 0 Å². The Hall–Kier alpha value is -5.46. The van der Waals surface area contributed by atoms with Crippen LogP contribution in [0, 0.1) is 31.8 Å². The van der Waals surface area contributed by atoms with Crippen LogP contribution >= 0.6 is 0 Å². The van der Waals surface area contributed by atoms with Crippen LogP contribution < -0.4 is 5.19 Å². The zero-order valence-electron chi connectivity index (χ0n) is 42.8. The van der Waals surface area contributed by atoms with E-state index in [4.69, 9.17) is 16.3 Å². The van der Waals surface area contributed by atoms with Gasteiger partial charge in [-0.05, 0) is 101 Å². The summed E-state index contributed by atoms with van der Waals surface area (Å²) in [6.07, 6.45) is 0.328. The zero-order valence-corrected chi connectivity index (χ0v) is 41.2. The van der Waals surface area contributed by atoms with Gasteiger partial charge >= 0.3 is 0 Å². The summed E-state index contributed by atoms with van der Waals surface area (Å²) in [5.41, 5.74) is 13.6. The second kappa shape index (κ2) is 18.7. The fourth-order valence-corrected chi connectivity index (χ4v) is 9.54. The van der Waals surface area contributed by atoms with Gasteiger partial charge < -0.3 is 14.0 Å². The van der Waals surface area contributed by atoms with Crippen molar-refractivity contribution < 1.29 is 31.4 Å². The van der Waals surface area contributed by atoms with Crippen molar-refractivity contribution in [3.05, 3.63) is 162 Å². The summed E-state index contributed by atoms with van der Waals surface area (Å²) in [5, 5.41) is 3.04. The number of rotatable bonds is 9. The summed E-state index contributed by atoms with van der Waals surface area (Å²) in [7, 11) is -1.78. The van der Waals surface area contributed by atoms with Crippen molar-refractivity contribution in [2.24, 2.45) is 5.92 Å². The van der Waals surface area contributed by atoms with Gasteiger partial charge in [-0.3, -0.25) is 4.98 Å². The molecule has 0 atom stereocenters.